The minimum Gasteiger partial charge on any atom is -0.497 e. The first-order valence-corrected chi connectivity index (χ1v) is 10.1. The lowest BCUT2D eigenvalue weighted by atomic mass is 9.97. The minimum atomic E-state index is -1.05. The molecule has 0 unspecified atom stereocenters. The van der Waals surface area contributed by atoms with Gasteiger partial charge < -0.3 is 10.5 Å². The number of thioether (sulfide) groups is 2. The summed E-state index contributed by atoms with van der Waals surface area (Å²) in [6, 6.07) is 12.4. The van der Waals surface area contributed by atoms with E-state index in [1.807, 2.05) is 38.1 Å². The molecular weight excluding hydrogens is 352 g/mol. The van der Waals surface area contributed by atoms with Crippen LogP contribution in [-0.2, 0) is 0 Å². The maximum Gasteiger partial charge on any atom is 0.175 e. The van der Waals surface area contributed by atoms with Gasteiger partial charge in [0.2, 0.25) is 0 Å². The highest BCUT2D eigenvalue weighted by atomic mass is 32.2. The Morgan fingerprint density at radius 2 is 1.76 bits per heavy atom. The van der Waals surface area contributed by atoms with Gasteiger partial charge in [-0.25, -0.2) is 4.99 Å². The first kappa shape index (κ1) is 18.0. The molecule has 130 valence electrons. The minimum absolute atomic E-state index is 0.281. The van der Waals surface area contributed by atoms with Crippen LogP contribution in [0.1, 0.15) is 25.3 Å². The molecule has 7 heteroatoms. The van der Waals surface area contributed by atoms with E-state index in [0.29, 0.717) is 5.84 Å². The molecule has 0 amide bonds. The van der Waals surface area contributed by atoms with Gasteiger partial charge in [0.25, 0.3) is 0 Å². The third-order valence-electron chi connectivity index (χ3n) is 5.06. The van der Waals surface area contributed by atoms with E-state index >= 15 is 0 Å². The predicted molar refractivity (Wildman–Crippen MR) is 102 cm³/mol. The number of nitrogens with two attached hydrogens (primary N) is 1. The van der Waals surface area contributed by atoms with Crippen molar-refractivity contribution >= 4 is 29.4 Å². The van der Waals surface area contributed by atoms with E-state index in [4.69, 9.17) is 10.5 Å². The number of hydrogen-bond acceptors (Lipinski definition) is 7. The molecule has 1 aromatic rings. The lowest BCUT2D eigenvalue weighted by molar-refractivity contribution is 0.414. The molecule has 0 radical (unpaired) electrons. The van der Waals surface area contributed by atoms with Crippen LogP contribution in [0.4, 0.5) is 0 Å². The Balaban J connectivity index is 2.17. The van der Waals surface area contributed by atoms with E-state index in [9.17, 15) is 10.5 Å². The Morgan fingerprint density at radius 1 is 1.16 bits per heavy atom. The van der Waals surface area contributed by atoms with Crippen molar-refractivity contribution < 1.29 is 4.74 Å². The van der Waals surface area contributed by atoms with Gasteiger partial charge in [0.15, 0.2) is 4.20 Å². The van der Waals surface area contributed by atoms with E-state index in [-0.39, 0.29) is 5.92 Å². The van der Waals surface area contributed by atoms with Gasteiger partial charge >= 0.3 is 0 Å². The molecular formula is C18H20N4OS2. The van der Waals surface area contributed by atoms with Crippen LogP contribution in [0, 0.1) is 33.5 Å². The van der Waals surface area contributed by atoms with Crippen molar-refractivity contribution in [1.29, 1.82) is 10.5 Å². The van der Waals surface area contributed by atoms with Crippen molar-refractivity contribution in [2.45, 2.75) is 24.0 Å². The summed E-state index contributed by atoms with van der Waals surface area (Å²) in [7, 11) is 1.61. The van der Waals surface area contributed by atoms with Crippen molar-refractivity contribution in [2.24, 2.45) is 21.6 Å². The highest BCUT2D eigenvalue weighted by molar-refractivity contribution is 8.18. The van der Waals surface area contributed by atoms with Gasteiger partial charge in [0.05, 0.1) is 19.2 Å². The summed E-state index contributed by atoms with van der Waals surface area (Å²) in [4.78, 5) is 4.68. The average molecular weight is 373 g/mol. The van der Waals surface area contributed by atoms with Gasteiger partial charge in [0.1, 0.15) is 22.4 Å². The number of nitrogens with zero attached hydrogens (tertiary/aromatic N) is 3. The number of methoxy groups -OCH3 is 1. The smallest absolute Gasteiger partial charge is 0.175 e. The van der Waals surface area contributed by atoms with Gasteiger partial charge in [-0.15, -0.1) is 23.5 Å². The molecule has 0 aromatic heterocycles. The van der Waals surface area contributed by atoms with Crippen LogP contribution in [0.3, 0.4) is 0 Å². The average Bonchev–Trinajstić information content (AvgIpc) is 3.21. The maximum absolute atomic E-state index is 10.2. The number of rotatable bonds is 6. The summed E-state index contributed by atoms with van der Waals surface area (Å²) in [5, 5.41) is 20.3. The van der Waals surface area contributed by atoms with Crippen LogP contribution in [0.15, 0.2) is 29.3 Å². The van der Waals surface area contributed by atoms with E-state index in [1.54, 1.807) is 30.6 Å². The topological polar surface area (TPSA) is 95.2 Å². The number of fused-ring (bicyclic) bond motifs is 1. The van der Waals surface area contributed by atoms with Gasteiger partial charge in [-0.1, -0.05) is 26.0 Å². The second kappa shape index (κ2) is 6.16. The van der Waals surface area contributed by atoms with E-state index in [0.717, 1.165) is 22.8 Å². The van der Waals surface area contributed by atoms with Gasteiger partial charge in [0, 0.05) is 5.92 Å². The third kappa shape index (κ3) is 2.00. The van der Waals surface area contributed by atoms with E-state index < -0.39 is 15.0 Å². The Kier molecular flexibility index (Phi) is 4.43. The summed E-state index contributed by atoms with van der Waals surface area (Å²) >= 11 is 3.21. The number of nitriles is 2. The highest BCUT2D eigenvalue weighted by Gasteiger charge is 2.91. The molecule has 1 saturated carbocycles. The summed E-state index contributed by atoms with van der Waals surface area (Å²) < 4.78 is 4.48. The molecule has 25 heavy (non-hydrogen) atoms. The Hall–Kier alpha value is -1.83. The molecule has 1 heterocycles. The fourth-order valence-electron chi connectivity index (χ4n) is 4.05. The zero-order valence-corrected chi connectivity index (χ0v) is 16.1. The van der Waals surface area contributed by atoms with Crippen LogP contribution in [-0.4, -0.2) is 28.7 Å². The zero-order chi connectivity index (χ0) is 18.3. The Labute approximate surface area is 156 Å². The second-order valence-electron chi connectivity index (χ2n) is 5.99. The fourth-order valence-corrected chi connectivity index (χ4v) is 7.30. The lowest BCUT2D eigenvalue weighted by Crippen LogP contribution is -2.31. The summed E-state index contributed by atoms with van der Waals surface area (Å²) in [5.74, 6) is 2.34. The summed E-state index contributed by atoms with van der Waals surface area (Å²) in [6.45, 7) is 4.08. The summed E-state index contributed by atoms with van der Waals surface area (Å²) in [6.07, 6.45) is 0. The normalized spacial score (nSPS) is 31.4. The second-order valence-corrected chi connectivity index (χ2v) is 9.16. The molecule has 5 nitrogen and oxygen atoms in total. The molecule has 2 N–H and O–H groups in total. The number of amidine groups is 1. The molecule has 2 aliphatic rings. The molecule has 3 atom stereocenters. The molecule has 1 aliphatic carbocycles. The van der Waals surface area contributed by atoms with Crippen molar-refractivity contribution in [3.8, 4) is 17.9 Å². The highest BCUT2D eigenvalue weighted by Crippen LogP contribution is 2.85. The Bertz CT molecular complexity index is 789. The SMILES string of the molecule is CCSC1(SCC)N=C(N)[C@]2(C#N)[C@H](c3ccc(OC)cc3)[C@@]12C#N. The van der Waals surface area contributed by atoms with Gasteiger partial charge in [-0.05, 0) is 29.2 Å². The largest absolute Gasteiger partial charge is 0.497 e. The third-order valence-corrected chi connectivity index (χ3v) is 7.95. The lowest BCUT2D eigenvalue weighted by Gasteiger charge is -2.31. The number of ether oxygens (including phenoxy) is 1. The van der Waals surface area contributed by atoms with Crippen LogP contribution in [0.2, 0.25) is 0 Å². The molecule has 1 aromatic carbocycles. The van der Waals surface area contributed by atoms with Crippen LogP contribution >= 0.6 is 23.5 Å². The number of benzene rings is 1. The van der Waals surface area contributed by atoms with Crippen molar-refractivity contribution in [3.63, 3.8) is 0 Å². The zero-order valence-electron chi connectivity index (χ0n) is 14.4. The quantitative estimate of drug-likeness (QED) is 0.770. The summed E-state index contributed by atoms with van der Waals surface area (Å²) in [5.41, 5.74) is 5.20. The number of hydrogen-bond donors (Lipinski definition) is 1. The molecule has 1 aliphatic heterocycles. The standard InChI is InChI=1S/C18H20N4OS2/c1-4-24-18(25-5-2)17(11-20)14(16(17,10-19)15(21)22-18)12-6-8-13(23-3)9-7-12/h6-9,14H,4-5H2,1-3H3,(H2,21,22)/t14-,16-,17+/m0/s1. The van der Waals surface area contributed by atoms with Crippen molar-refractivity contribution in [3.05, 3.63) is 29.8 Å². The molecule has 3 rings (SSSR count). The van der Waals surface area contributed by atoms with E-state index in [2.05, 4.69) is 17.1 Å². The molecule has 0 bridgehead atoms. The predicted octanol–water partition coefficient (Wildman–Crippen LogP) is 3.34. The van der Waals surface area contributed by atoms with Crippen LogP contribution < -0.4 is 10.5 Å². The maximum atomic E-state index is 10.2. The van der Waals surface area contributed by atoms with Gasteiger partial charge in [-0.3, -0.25) is 0 Å². The molecule has 0 spiro atoms. The van der Waals surface area contributed by atoms with Gasteiger partial charge in [-0.2, -0.15) is 10.5 Å². The van der Waals surface area contributed by atoms with Crippen molar-refractivity contribution in [1.82, 2.24) is 0 Å². The van der Waals surface area contributed by atoms with Crippen LogP contribution in [0.5, 0.6) is 5.75 Å². The molecule has 0 saturated heterocycles. The fraction of sp³-hybridized carbons (Fsp3) is 0.500. The Morgan fingerprint density at radius 3 is 2.20 bits per heavy atom. The van der Waals surface area contributed by atoms with Crippen LogP contribution in [0.25, 0.3) is 0 Å². The number of aliphatic imine (C=N–C) groups is 1. The monoisotopic (exact) mass is 372 g/mol. The first-order chi connectivity index (χ1) is 12.0. The van der Waals surface area contributed by atoms with E-state index in [1.165, 1.54) is 0 Å². The molecule has 1 fully saturated rings. The van der Waals surface area contributed by atoms with Crippen molar-refractivity contribution in [2.75, 3.05) is 18.6 Å². The first-order valence-electron chi connectivity index (χ1n) is 8.13.